The zero-order valence-corrected chi connectivity index (χ0v) is 7.58. The van der Waals surface area contributed by atoms with E-state index in [1.165, 1.54) is 32.6 Å². The predicted molar refractivity (Wildman–Crippen MR) is 46.6 cm³/mol. The predicted octanol–water partition coefficient (Wildman–Crippen LogP) is 0.642. The second-order valence-electron chi connectivity index (χ2n) is 4.25. The average molecular weight is 154 g/mol. The summed E-state index contributed by atoms with van der Waals surface area (Å²) in [5, 5.41) is 0. The molecule has 2 aliphatic heterocycles. The van der Waals surface area contributed by atoms with Crippen LogP contribution >= 0.6 is 0 Å². The molecule has 0 amide bonds. The lowest BCUT2D eigenvalue weighted by Gasteiger charge is -2.35. The molecule has 0 radical (unpaired) electrons. The lowest BCUT2D eigenvalue weighted by Crippen LogP contribution is -2.48. The average Bonchev–Trinajstić information content (AvgIpc) is 2.27. The minimum Gasteiger partial charge on any atom is -0.304 e. The Kier molecular flexibility index (Phi) is 1.90. The van der Waals surface area contributed by atoms with Crippen LogP contribution in [0.5, 0.6) is 0 Å². The molecule has 0 aromatic carbocycles. The Labute approximate surface area is 69.2 Å². The summed E-state index contributed by atoms with van der Waals surface area (Å²) in [6.07, 6.45) is 1.42. The van der Waals surface area contributed by atoms with E-state index in [0.717, 1.165) is 12.0 Å². The largest absolute Gasteiger partial charge is 0.304 e. The summed E-state index contributed by atoms with van der Waals surface area (Å²) in [5.74, 6) is 0.937. The summed E-state index contributed by atoms with van der Waals surface area (Å²) >= 11 is 0. The quantitative estimate of drug-likeness (QED) is 0.505. The summed E-state index contributed by atoms with van der Waals surface area (Å²) in [5.41, 5.74) is 0. The Hall–Kier alpha value is -0.0800. The van der Waals surface area contributed by atoms with Gasteiger partial charge in [0.1, 0.15) is 0 Å². The molecular formula is C9H18N2. The lowest BCUT2D eigenvalue weighted by molar-refractivity contribution is 0.124. The molecule has 0 spiro atoms. The van der Waals surface area contributed by atoms with Crippen molar-refractivity contribution >= 4 is 0 Å². The van der Waals surface area contributed by atoms with Crippen LogP contribution in [-0.4, -0.2) is 49.1 Å². The molecule has 0 aromatic rings. The third kappa shape index (κ3) is 1.42. The van der Waals surface area contributed by atoms with Gasteiger partial charge in [0.15, 0.2) is 0 Å². The van der Waals surface area contributed by atoms with Crippen molar-refractivity contribution in [2.24, 2.45) is 5.92 Å². The molecule has 64 valence electrons. The van der Waals surface area contributed by atoms with Crippen LogP contribution in [0.4, 0.5) is 0 Å². The van der Waals surface area contributed by atoms with E-state index in [0.29, 0.717) is 0 Å². The Balaban J connectivity index is 1.97. The number of nitrogens with zero attached hydrogens (tertiary/aromatic N) is 2. The van der Waals surface area contributed by atoms with Crippen LogP contribution in [0.3, 0.4) is 0 Å². The van der Waals surface area contributed by atoms with E-state index in [2.05, 4.69) is 23.8 Å². The van der Waals surface area contributed by atoms with Gasteiger partial charge in [0.05, 0.1) is 0 Å². The summed E-state index contributed by atoms with van der Waals surface area (Å²) in [7, 11) is 2.24. The molecule has 2 saturated heterocycles. The van der Waals surface area contributed by atoms with Crippen LogP contribution in [0.15, 0.2) is 0 Å². The first-order valence-electron chi connectivity index (χ1n) is 4.68. The lowest BCUT2D eigenvalue weighted by atomic mass is 10.1. The van der Waals surface area contributed by atoms with Gasteiger partial charge in [-0.1, -0.05) is 6.92 Å². The molecule has 0 bridgehead atoms. The van der Waals surface area contributed by atoms with Crippen molar-refractivity contribution < 1.29 is 0 Å². The highest BCUT2D eigenvalue weighted by Crippen LogP contribution is 2.24. The van der Waals surface area contributed by atoms with Gasteiger partial charge in [-0.15, -0.1) is 0 Å². The SMILES string of the molecule is CC1CC2CN(C)CCN2C1. The number of likely N-dealkylation sites (N-methyl/N-ethyl adjacent to an activating group) is 1. The van der Waals surface area contributed by atoms with Crippen molar-refractivity contribution in [3.63, 3.8) is 0 Å². The Morgan fingerprint density at radius 3 is 2.82 bits per heavy atom. The first kappa shape index (κ1) is 7.56. The van der Waals surface area contributed by atoms with E-state index in [-0.39, 0.29) is 0 Å². The second-order valence-corrected chi connectivity index (χ2v) is 4.25. The molecule has 2 unspecified atom stereocenters. The number of hydrogen-bond donors (Lipinski definition) is 0. The molecule has 0 saturated carbocycles. The van der Waals surface area contributed by atoms with Crippen LogP contribution in [0, 0.1) is 5.92 Å². The van der Waals surface area contributed by atoms with E-state index in [4.69, 9.17) is 0 Å². The maximum absolute atomic E-state index is 2.66. The molecule has 0 aliphatic carbocycles. The van der Waals surface area contributed by atoms with Crippen molar-refractivity contribution in [1.82, 2.24) is 9.80 Å². The summed E-state index contributed by atoms with van der Waals surface area (Å²) in [4.78, 5) is 5.11. The topological polar surface area (TPSA) is 6.48 Å². The van der Waals surface area contributed by atoms with Crippen LogP contribution in [0.25, 0.3) is 0 Å². The zero-order valence-electron chi connectivity index (χ0n) is 7.58. The van der Waals surface area contributed by atoms with Crippen LogP contribution < -0.4 is 0 Å². The van der Waals surface area contributed by atoms with Crippen molar-refractivity contribution in [3.8, 4) is 0 Å². The fraction of sp³-hybridized carbons (Fsp3) is 1.00. The van der Waals surface area contributed by atoms with Gasteiger partial charge >= 0.3 is 0 Å². The smallest absolute Gasteiger partial charge is 0.0226 e. The maximum atomic E-state index is 2.66. The van der Waals surface area contributed by atoms with E-state index < -0.39 is 0 Å². The van der Waals surface area contributed by atoms with Crippen LogP contribution in [0.1, 0.15) is 13.3 Å². The molecule has 0 aromatic heterocycles. The molecule has 2 heteroatoms. The highest BCUT2D eigenvalue weighted by Gasteiger charge is 2.32. The normalized spacial score (nSPS) is 40.9. The van der Waals surface area contributed by atoms with Gasteiger partial charge in [0.25, 0.3) is 0 Å². The minimum atomic E-state index is 0.878. The van der Waals surface area contributed by atoms with Crippen LogP contribution in [-0.2, 0) is 0 Å². The molecule has 2 aliphatic rings. The van der Waals surface area contributed by atoms with Gasteiger partial charge in [0, 0.05) is 32.2 Å². The van der Waals surface area contributed by atoms with Crippen molar-refractivity contribution in [3.05, 3.63) is 0 Å². The molecule has 2 nitrogen and oxygen atoms in total. The standard InChI is InChI=1S/C9H18N2/c1-8-5-9-7-10(2)3-4-11(9)6-8/h8-9H,3-7H2,1-2H3. The van der Waals surface area contributed by atoms with Gasteiger partial charge < -0.3 is 4.90 Å². The third-order valence-corrected chi connectivity index (χ3v) is 3.03. The highest BCUT2D eigenvalue weighted by atomic mass is 15.3. The number of rotatable bonds is 0. The fourth-order valence-corrected chi connectivity index (χ4v) is 2.45. The van der Waals surface area contributed by atoms with Gasteiger partial charge in [-0.2, -0.15) is 0 Å². The van der Waals surface area contributed by atoms with Crippen LogP contribution in [0.2, 0.25) is 0 Å². The monoisotopic (exact) mass is 154 g/mol. The van der Waals surface area contributed by atoms with Crippen molar-refractivity contribution in [2.45, 2.75) is 19.4 Å². The Bertz CT molecular complexity index is 146. The van der Waals surface area contributed by atoms with Gasteiger partial charge in [-0.25, -0.2) is 0 Å². The summed E-state index contributed by atoms with van der Waals surface area (Å²) in [6.45, 7) is 7.58. The molecule has 2 rings (SSSR count). The van der Waals surface area contributed by atoms with Crippen molar-refractivity contribution in [2.75, 3.05) is 33.2 Å². The fourth-order valence-electron chi connectivity index (χ4n) is 2.45. The van der Waals surface area contributed by atoms with E-state index in [1.54, 1.807) is 0 Å². The maximum Gasteiger partial charge on any atom is 0.0226 e. The Morgan fingerprint density at radius 1 is 1.18 bits per heavy atom. The highest BCUT2D eigenvalue weighted by molar-refractivity contribution is 4.88. The molecule has 11 heavy (non-hydrogen) atoms. The minimum absolute atomic E-state index is 0.878. The van der Waals surface area contributed by atoms with Gasteiger partial charge in [-0.3, -0.25) is 4.90 Å². The second kappa shape index (κ2) is 2.76. The van der Waals surface area contributed by atoms with E-state index in [1.807, 2.05) is 0 Å². The molecule has 2 heterocycles. The van der Waals surface area contributed by atoms with Gasteiger partial charge in [0.2, 0.25) is 0 Å². The first-order chi connectivity index (χ1) is 5.25. The Morgan fingerprint density at radius 2 is 2.00 bits per heavy atom. The van der Waals surface area contributed by atoms with E-state index >= 15 is 0 Å². The molecule has 2 fully saturated rings. The summed E-state index contributed by atoms with van der Waals surface area (Å²) < 4.78 is 0. The molecule has 0 N–H and O–H groups in total. The number of hydrogen-bond acceptors (Lipinski definition) is 2. The molecular weight excluding hydrogens is 136 g/mol. The number of fused-ring (bicyclic) bond motifs is 1. The van der Waals surface area contributed by atoms with Gasteiger partial charge in [-0.05, 0) is 19.4 Å². The number of piperazine rings is 1. The van der Waals surface area contributed by atoms with Crippen molar-refractivity contribution in [1.29, 1.82) is 0 Å². The molecule has 2 atom stereocenters. The first-order valence-corrected chi connectivity index (χ1v) is 4.68. The van der Waals surface area contributed by atoms with E-state index in [9.17, 15) is 0 Å². The zero-order chi connectivity index (χ0) is 7.84. The third-order valence-electron chi connectivity index (χ3n) is 3.03. The summed E-state index contributed by atoms with van der Waals surface area (Å²) in [6, 6.07) is 0.878.